The molecule has 0 bridgehead atoms. The SMILES string of the molecule is C=C(C(=O)n1ccnc1)c1ccccc1. The van der Waals surface area contributed by atoms with Crippen molar-refractivity contribution in [2.24, 2.45) is 0 Å². The van der Waals surface area contributed by atoms with Crippen LogP contribution in [0.15, 0.2) is 55.6 Å². The summed E-state index contributed by atoms with van der Waals surface area (Å²) in [5.74, 6) is -0.154. The largest absolute Gasteiger partial charge is 0.272 e. The van der Waals surface area contributed by atoms with Crippen molar-refractivity contribution < 1.29 is 4.79 Å². The first-order valence-corrected chi connectivity index (χ1v) is 4.56. The average Bonchev–Trinajstić information content (AvgIpc) is 2.82. The molecule has 2 aromatic rings. The van der Waals surface area contributed by atoms with E-state index in [4.69, 9.17) is 0 Å². The predicted molar refractivity (Wildman–Crippen MR) is 58.3 cm³/mol. The summed E-state index contributed by atoms with van der Waals surface area (Å²) in [5, 5.41) is 0. The number of allylic oxidation sites excluding steroid dienone is 1. The molecule has 1 heterocycles. The van der Waals surface area contributed by atoms with Gasteiger partial charge in [0, 0.05) is 18.0 Å². The lowest BCUT2D eigenvalue weighted by atomic mass is 10.1. The van der Waals surface area contributed by atoms with E-state index in [0.717, 1.165) is 5.56 Å². The lowest BCUT2D eigenvalue weighted by Gasteiger charge is -2.04. The van der Waals surface area contributed by atoms with E-state index >= 15 is 0 Å². The van der Waals surface area contributed by atoms with Gasteiger partial charge in [0.25, 0.3) is 5.91 Å². The molecule has 0 aliphatic carbocycles. The smallest absolute Gasteiger partial charge is 0.263 e. The highest BCUT2D eigenvalue weighted by molar-refractivity contribution is 6.19. The van der Waals surface area contributed by atoms with Crippen molar-refractivity contribution in [3.63, 3.8) is 0 Å². The lowest BCUT2D eigenvalue weighted by molar-refractivity contribution is 0.0980. The Morgan fingerprint density at radius 3 is 2.60 bits per heavy atom. The molecule has 74 valence electrons. The number of imidazole rings is 1. The first-order chi connectivity index (χ1) is 7.29. The Morgan fingerprint density at radius 1 is 1.27 bits per heavy atom. The molecule has 3 heteroatoms. The molecule has 0 atom stereocenters. The first-order valence-electron chi connectivity index (χ1n) is 4.56. The Hall–Kier alpha value is -2.16. The summed E-state index contributed by atoms with van der Waals surface area (Å²) < 4.78 is 1.41. The van der Waals surface area contributed by atoms with Gasteiger partial charge in [-0.25, -0.2) is 4.98 Å². The highest BCUT2D eigenvalue weighted by Crippen LogP contribution is 2.13. The second-order valence-corrected chi connectivity index (χ2v) is 3.12. The number of rotatable bonds is 2. The minimum atomic E-state index is -0.154. The van der Waals surface area contributed by atoms with Gasteiger partial charge in [0.15, 0.2) is 0 Å². The van der Waals surface area contributed by atoms with Crippen molar-refractivity contribution in [1.82, 2.24) is 9.55 Å². The summed E-state index contributed by atoms with van der Waals surface area (Å²) in [4.78, 5) is 15.6. The highest BCUT2D eigenvalue weighted by Gasteiger charge is 2.10. The van der Waals surface area contributed by atoms with Crippen molar-refractivity contribution in [2.45, 2.75) is 0 Å². The third kappa shape index (κ3) is 1.86. The maximum atomic E-state index is 11.8. The molecular formula is C12H10N2O. The maximum Gasteiger partial charge on any atom is 0.263 e. The normalized spacial score (nSPS) is 9.87. The molecule has 15 heavy (non-hydrogen) atoms. The van der Waals surface area contributed by atoms with Gasteiger partial charge in [0.1, 0.15) is 6.33 Å². The van der Waals surface area contributed by atoms with Gasteiger partial charge in [0.2, 0.25) is 0 Å². The number of aromatic nitrogens is 2. The van der Waals surface area contributed by atoms with Gasteiger partial charge >= 0.3 is 0 Å². The van der Waals surface area contributed by atoms with Crippen molar-refractivity contribution in [2.75, 3.05) is 0 Å². The van der Waals surface area contributed by atoms with Crippen LogP contribution in [-0.2, 0) is 0 Å². The quantitative estimate of drug-likeness (QED) is 0.693. The van der Waals surface area contributed by atoms with Crippen LogP contribution >= 0.6 is 0 Å². The molecule has 0 unspecified atom stereocenters. The van der Waals surface area contributed by atoms with Crippen LogP contribution in [0.1, 0.15) is 10.4 Å². The molecule has 3 nitrogen and oxygen atoms in total. The van der Waals surface area contributed by atoms with Crippen LogP contribution in [0.2, 0.25) is 0 Å². The zero-order chi connectivity index (χ0) is 10.7. The second kappa shape index (κ2) is 3.92. The highest BCUT2D eigenvalue weighted by atomic mass is 16.2. The number of benzene rings is 1. The minimum Gasteiger partial charge on any atom is -0.272 e. The molecular weight excluding hydrogens is 188 g/mol. The minimum absolute atomic E-state index is 0.154. The molecule has 0 saturated carbocycles. The molecule has 0 amide bonds. The third-order valence-electron chi connectivity index (χ3n) is 2.12. The van der Waals surface area contributed by atoms with Gasteiger partial charge in [0.05, 0.1) is 0 Å². The molecule has 1 aromatic carbocycles. The Kier molecular flexibility index (Phi) is 2.46. The van der Waals surface area contributed by atoms with Crippen LogP contribution in [0.5, 0.6) is 0 Å². The number of hydrogen-bond acceptors (Lipinski definition) is 2. The van der Waals surface area contributed by atoms with Gasteiger partial charge in [-0.15, -0.1) is 0 Å². The van der Waals surface area contributed by atoms with E-state index in [1.807, 2.05) is 30.3 Å². The fourth-order valence-corrected chi connectivity index (χ4v) is 1.30. The Bertz CT molecular complexity index is 472. The fraction of sp³-hybridized carbons (Fsp3) is 0. The van der Waals surface area contributed by atoms with E-state index in [-0.39, 0.29) is 5.91 Å². The first kappa shape index (κ1) is 9.40. The van der Waals surface area contributed by atoms with E-state index < -0.39 is 0 Å². The van der Waals surface area contributed by atoms with Crippen molar-refractivity contribution >= 4 is 11.5 Å². The second-order valence-electron chi connectivity index (χ2n) is 3.12. The van der Waals surface area contributed by atoms with Crippen LogP contribution in [-0.4, -0.2) is 15.5 Å². The standard InChI is InChI=1S/C12H10N2O/c1-10(11-5-3-2-4-6-11)12(15)14-8-7-13-9-14/h2-9H,1H2. The van der Waals surface area contributed by atoms with Gasteiger partial charge in [-0.3, -0.25) is 9.36 Å². The summed E-state index contributed by atoms with van der Waals surface area (Å²) in [5.41, 5.74) is 1.30. The van der Waals surface area contributed by atoms with E-state index in [2.05, 4.69) is 11.6 Å². The lowest BCUT2D eigenvalue weighted by Crippen LogP contribution is -2.09. The van der Waals surface area contributed by atoms with E-state index in [1.54, 1.807) is 12.4 Å². The number of nitrogens with zero attached hydrogens (tertiary/aromatic N) is 2. The molecule has 0 fully saturated rings. The van der Waals surface area contributed by atoms with Crippen LogP contribution in [0.3, 0.4) is 0 Å². The van der Waals surface area contributed by atoms with Crippen molar-refractivity contribution in [1.29, 1.82) is 0 Å². The molecule has 0 radical (unpaired) electrons. The topological polar surface area (TPSA) is 34.9 Å². The third-order valence-corrected chi connectivity index (χ3v) is 2.12. The zero-order valence-electron chi connectivity index (χ0n) is 8.13. The molecule has 0 N–H and O–H groups in total. The Labute approximate surface area is 87.7 Å². The van der Waals surface area contributed by atoms with E-state index in [0.29, 0.717) is 5.57 Å². The Balaban J connectivity index is 2.27. The molecule has 0 aliphatic heterocycles. The number of hydrogen-bond donors (Lipinski definition) is 0. The number of carbonyl (C=O) groups excluding carboxylic acids is 1. The summed E-state index contributed by atoms with van der Waals surface area (Å²) in [6.07, 6.45) is 4.64. The van der Waals surface area contributed by atoms with Crippen LogP contribution < -0.4 is 0 Å². The van der Waals surface area contributed by atoms with Gasteiger partial charge < -0.3 is 0 Å². The van der Waals surface area contributed by atoms with Gasteiger partial charge in [-0.1, -0.05) is 36.9 Å². The van der Waals surface area contributed by atoms with Crippen LogP contribution in [0.4, 0.5) is 0 Å². The van der Waals surface area contributed by atoms with Crippen molar-refractivity contribution in [3.05, 3.63) is 61.2 Å². The van der Waals surface area contributed by atoms with Crippen molar-refractivity contribution in [3.8, 4) is 0 Å². The van der Waals surface area contributed by atoms with Crippen LogP contribution in [0.25, 0.3) is 5.57 Å². The molecule has 0 spiro atoms. The summed E-state index contributed by atoms with van der Waals surface area (Å²) in [7, 11) is 0. The summed E-state index contributed by atoms with van der Waals surface area (Å²) in [6, 6.07) is 9.37. The predicted octanol–water partition coefficient (Wildman–Crippen LogP) is 2.24. The summed E-state index contributed by atoms with van der Waals surface area (Å²) in [6.45, 7) is 3.78. The molecule has 1 aromatic heterocycles. The van der Waals surface area contributed by atoms with Gasteiger partial charge in [-0.05, 0) is 5.56 Å². The molecule has 0 aliphatic rings. The number of carbonyl (C=O) groups is 1. The van der Waals surface area contributed by atoms with Crippen LogP contribution in [0, 0.1) is 0 Å². The molecule has 2 rings (SSSR count). The van der Waals surface area contributed by atoms with E-state index in [9.17, 15) is 4.79 Å². The fourth-order valence-electron chi connectivity index (χ4n) is 1.30. The van der Waals surface area contributed by atoms with Gasteiger partial charge in [-0.2, -0.15) is 0 Å². The van der Waals surface area contributed by atoms with E-state index in [1.165, 1.54) is 10.9 Å². The Morgan fingerprint density at radius 2 is 2.00 bits per heavy atom. The maximum absolute atomic E-state index is 11.8. The zero-order valence-corrected chi connectivity index (χ0v) is 8.13. The molecule has 0 saturated heterocycles. The average molecular weight is 198 g/mol. The summed E-state index contributed by atoms with van der Waals surface area (Å²) >= 11 is 0. The monoisotopic (exact) mass is 198 g/mol.